The number of nitrogens with one attached hydrogen (secondary N) is 2. The van der Waals surface area contributed by atoms with Gasteiger partial charge in [0, 0.05) is 34.0 Å². The van der Waals surface area contributed by atoms with Crippen LogP contribution >= 0.6 is 11.6 Å². The quantitative estimate of drug-likeness (QED) is 0.503. The van der Waals surface area contributed by atoms with Crippen molar-refractivity contribution < 1.29 is 23.9 Å². The third-order valence-corrected chi connectivity index (χ3v) is 4.85. The van der Waals surface area contributed by atoms with E-state index in [0.717, 1.165) is 5.39 Å². The van der Waals surface area contributed by atoms with Crippen molar-refractivity contribution in [2.75, 3.05) is 13.2 Å². The zero-order valence-electron chi connectivity index (χ0n) is 17.2. The van der Waals surface area contributed by atoms with E-state index in [0.29, 0.717) is 16.1 Å². The van der Waals surface area contributed by atoms with Crippen molar-refractivity contribution >= 4 is 40.3 Å². The maximum atomic E-state index is 12.7. The molecule has 1 heterocycles. The fourth-order valence-corrected chi connectivity index (χ4v) is 3.26. The lowest BCUT2D eigenvalue weighted by Crippen LogP contribution is -2.44. The highest BCUT2D eigenvalue weighted by Gasteiger charge is 2.25. The van der Waals surface area contributed by atoms with E-state index in [9.17, 15) is 19.2 Å². The summed E-state index contributed by atoms with van der Waals surface area (Å²) in [5.41, 5.74) is 1.08. The molecule has 8 nitrogen and oxygen atoms in total. The van der Waals surface area contributed by atoms with Gasteiger partial charge in [0.05, 0.1) is 6.61 Å². The Morgan fingerprint density at radius 1 is 1.06 bits per heavy atom. The van der Waals surface area contributed by atoms with Crippen molar-refractivity contribution in [3.63, 3.8) is 0 Å². The van der Waals surface area contributed by atoms with E-state index in [4.69, 9.17) is 21.1 Å². The molecule has 32 heavy (non-hydrogen) atoms. The molecule has 0 spiro atoms. The second kappa shape index (κ2) is 10.6. The van der Waals surface area contributed by atoms with Crippen molar-refractivity contribution in [1.29, 1.82) is 0 Å². The predicted octanol–water partition coefficient (Wildman–Crippen LogP) is 2.63. The molecule has 9 heteroatoms. The second-order valence-electron chi connectivity index (χ2n) is 6.85. The second-order valence-corrected chi connectivity index (χ2v) is 7.29. The third kappa shape index (κ3) is 5.95. The van der Waals surface area contributed by atoms with E-state index in [2.05, 4.69) is 10.3 Å². The molecule has 1 unspecified atom stereocenters. The van der Waals surface area contributed by atoms with Crippen LogP contribution < -0.4 is 10.9 Å². The number of hydrogen-bond donors (Lipinski definition) is 2. The molecule has 1 amide bonds. The predicted molar refractivity (Wildman–Crippen MR) is 119 cm³/mol. The van der Waals surface area contributed by atoms with E-state index in [-0.39, 0.29) is 24.2 Å². The first-order valence-electron chi connectivity index (χ1n) is 9.87. The average Bonchev–Trinajstić information content (AvgIpc) is 2.77. The van der Waals surface area contributed by atoms with Crippen molar-refractivity contribution in [3.05, 3.63) is 81.1 Å². The Balaban J connectivity index is 1.87. The van der Waals surface area contributed by atoms with Crippen LogP contribution in [0.25, 0.3) is 10.9 Å². The number of aromatic nitrogens is 1. The molecule has 1 atom stereocenters. The van der Waals surface area contributed by atoms with Crippen LogP contribution in [-0.4, -0.2) is 42.1 Å². The van der Waals surface area contributed by atoms with Gasteiger partial charge in [0.15, 0.2) is 6.61 Å². The van der Waals surface area contributed by atoms with Gasteiger partial charge in [-0.25, -0.2) is 9.59 Å². The van der Waals surface area contributed by atoms with Gasteiger partial charge in [-0.2, -0.15) is 0 Å². The number of para-hydroxylation sites is 1. The average molecular weight is 457 g/mol. The number of aromatic amines is 1. The van der Waals surface area contributed by atoms with E-state index < -0.39 is 30.5 Å². The lowest BCUT2D eigenvalue weighted by Gasteiger charge is -2.18. The Labute approximate surface area is 188 Å². The molecular weight excluding hydrogens is 436 g/mol. The number of fused-ring (bicyclic) bond motifs is 1. The molecule has 0 aliphatic carbocycles. The number of rotatable bonds is 8. The van der Waals surface area contributed by atoms with E-state index in [1.807, 2.05) is 0 Å². The van der Waals surface area contributed by atoms with Gasteiger partial charge < -0.3 is 19.8 Å². The molecule has 3 aromatic rings. The van der Waals surface area contributed by atoms with Crippen LogP contribution in [0.4, 0.5) is 0 Å². The van der Waals surface area contributed by atoms with Gasteiger partial charge >= 0.3 is 11.9 Å². The number of carbonyl (C=O) groups is 3. The van der Waals surface area contributed by atoms with Crippen LogP contribution in [0.15, 0.2) is 59.4 Å². The number of benzene rings is 2. The SMILES string of the molecule is CCOC(=O)COC(=O)C(Cc1cc(=O)[nH]c2ccccc12)NC(=O)c1ccc(Cl)cc1. The molecule has 1 aromatic heterocycles. The molecule has 3 rings (SSSR count). The molecule has 2 N–H and O–H groups in total. The number of H-pyrrole nitrogens is 1. The van der Waals surface area contributed by atoms with Gasteiger partial charge in [0.25, 0.3) is 5.91 Å². The fraction of sp³-hybridized carbons (Fsp3) is 0.217. The Morgan fingerprint density at radius 2 is 1.78 bits per heavy atom. The molecule has 0 saturated heterocycles. The number of pyridine rings is 1. The van der Waals surface area contributed by atoms with Gasteiger partial charge in [0.2, 0.25) is 5.56 Å². The highest BCUT2D eigenvalue weighted by Crippen LogP contribution is 2.17. The summed E-state index contributed by atoms with van der Waals surface area (Å²) in [5.74, 6) is -2.07. The maximum absolute atomic E-state index is 12.7. The van der Waals surface area contributed by atoms with E-state index >= 15 is 0 Å². The molecule has 0 aliphatic rings. The zero-order valence-corrected chi connectivity index (χ0v) is 18.0. The number of esters is 2. The standard InChI is InChI=1S/C23H21ClN2O6/c1-2-31-21(28)13-32-23(30)19(26-22(29)14-7-9-16(24)10-8-14)11-15-12-20(27)25-18-6-4-3-5-17(15)18/h3-10,12,19H,2,11,13H2,1H3,(H,25,27)(H,26,29). The first-order valence-corrected chi connectivity index (χ1v) is 10.2. The minimum Gasteiger partial charge on any atom is -0.463 e. The molecule has 0 saturated carbocycles. The molecule has 2 aromatic carbocycles. The van der Waals surface area contributed by atoms with Crippen LogP contribution in [0.5, 0.6) is 0 Å². The van der Waals surface area contributed by atoms with Crippen molar-refractivity contribution in [2.24, 2.45) is 0 Å². The topological polar surface area (TPSA) is 115 Å². The monoisotopic (exact) mass is 456 g/mol. The highest BCUT2D eigenvalue weighted by atomic mass is 35.5. The first kappa shape index (κ1) is 23.0. The minimum atomic E-state index is -1.15. The lowest BCUT2D eigenvalue weighted by molar-refractivity contribution is -0.159. The first-order chi connectivity index (χ1) is 15.4. The van der Waals surface area contributed by atoms with Gasteiger partial charge in [-0.05, 0) is 42.8 Å². The summed E-state index contributed by atoms with van der Waals surface area (Å²) >= 11 is 5.86. The van der Waals surface area contributed by atoms with Crippen molar-refractivity contribution in [2.45, 2.75) is 19.4 Å². The van der Waals surface area contributed by atoms with Crippen LogP contribution in [0.1, 0.15) is 22.8 Å². The number of ether oxygens (including phenoxy) is 2. The summed E-state index contributed by atoms with van der Waals surface area (Å²) in [5, 5.41) is 3.80. The van der Waals surface area contributed by atoms with Gasteiger partial charge in [-0.3, -0.25) is 9.59 Å². The lowest BCUT2D eigenvalue weighted by atomic mass is 10.0. The molecular formula is C23H21ClN2O6. The van der Waals surface area contributed by atoms with Crippen molar-refractivity contribution in [1.82, 2.24) is 10.3 Å². The largest absolute Gasteiger partial charge is 0.463 e. The fourth-order valence-electron chi connectivity index (χ4n) is 3.14. The summed E-state index contributed by atoms with van der Waals surface area (Å²) in [6.07, 6.45) is -0.0224. The summed E-state index contributed by atoms with van der Waals surface area (Å²) in [4.78, 5) is 51.8. The Hall–Kier alpha value is -3.65. The molecule has 0 radical (unpaired) electrons. The van der Waals surface area contributed by atoms with Gasteiger partial charge in [0.1, 0.15) is 6.04 Å². The Kier molecular flexibility index (Phi) is 7.62. The van der Waals surface area contributed by atoms with Crippen LogP contribution in [-0.2, 0) is 25.5 Å². The molecule has 166 valence electrons. The number of halogens is 1. The Morgan fingerprint density at radius 3 is 2.50 bits per heavy atom. The van der Waals surface area contributed by atoms with Gasteiger partial charge in [-0.15, -0.1) is 0 Å². The normalized spacial score (nSPS) is 11.6. The minimum absolute atomic E-state index is 0.0224. The molecule has 0 aliphatic heterocycles. The summed E-state index contributed by atoms with van der Waals surface area (Å²) in [7, 11) is 0. The molecule has 0 fully saturated rings. The molecule has 0 bridgehead atoms. The highest BCUT2D eigenvalue weighted by molar-refractivity contribution is 6.30. The van der Waals surface area contributed by atoms with Crippen LogP contribution in [0.2, 0.25) is 5.02 Å². The summed E-state index contributed by atoms with van der Waals surface area (Å²) in [6, 6.07) is 13.4. The Bertz CT molecular complexity index is 1190. The van der Waals surface area contributed by atoms with E-state index in [1.54, 1.807) is 43.3 Å². The zero-order chi connectivity index (χ0) is 23.1. The van der Waals surface area contributed by atoms with Crippen molar-refractivity contribution in [3.8, 4) is 0 Å². The summed E-state index contributed by atoms with van der Waals surface area (Å²) < 4.78 is 9.82. The number of amides is 1. The van der Waals surface area contributed by atoms with Gasteiger partial charge in [-0.1, -0.05) is 29.8 Å². The smallest absolute Gasteiger partial charge is 0.344 e. The van der Waals surface area contributed by atoms with Crippen LogP contribution in [0, 0.1) is 0 Å². The number of hydrogen-bond acceptors (Lipinski definition) is 6. The number of carbonyl (C=O) groups excluding carboxylic acids is 3. The third-order valence-electron chi connectivity index (χ3n) is 4.59. The van der Waals surface area contributed by atoms with Crippen LogP contribution in [0.3, 0.4) is 0 Å². The van der Waals surface area contributed by atoms with E-state index in [1.165, 1.54) is 18.2 Å². The maximum Gasteiger partial charge on any atom is 0.344 e. The summed E-state index contributed by atoms with van der Waals surface area (Å²) in [6.45, 7) is 1.19.